The van der Waals surface area contributed by atoms with E-state index in [0.29, 0.717) is 10.8 Å². The van der Waals surface area contributed by atoms with Crippen LogP contribution in [-0.4, -0.2) is 7.85 Å². The summed E-state index contributed by atoms with van der Waals surface area (Å²) in [4.78, 5) is 0. The Hall–Kier alpha value is 0.0649. The summed E-state index contributed by atoms with van der Waals surface area (Å²) in [6.07, 6.45) is 2.60. The molecule has 0 nitrogen and oxygen atoms in total. The Balaban J connectivity index is 3.89. The minimum Gasteiger partial charge on any atom is -0.0760 e. The molecule has 0 fully saturated rings. The van der Waals surface area contributed by atoms with E-state index in [1.807, 2.05) is 0 Å². The highest BCUT2D eigenvalue weighted by Crippen LogP contribution is 2.34. The van der Waals surface area contributed by atoms with Crippen LogP contribution in [0.1, 0.15) is 41.0 Å². The second kappa shape index (κ2) is 2.98. The van der Waals surface area contributed by atoms with Gasteiger partial charge in [0.05, 0.1) is 0 Å². The lowest BCUT2D eigenvalue weighted by Gasteiger charge is -2.31. The molecule has 0 saturated carbocycles. The standard InChI is InChI=1S/C9H21B/c1-8(2,3)6-9(4,5)7-10/h6-7,10H2,1-5H3. The lowest BCUT2D eigenvalue weighted by molar-refractivity contribution is 0.234. The molecule has 1 heteroatoms. The molecule has 0 aromatic heterocycles. The average molecular weight is 140 g/mol. The predicted molar refractivity (Wildman–Crippen MR) is 51.2 cm³/mol. The maximum absolute atomic E-state index is 2.35. The topological polar surface area (TPSA) is 0 Å². The molecule has 0 amide bonds. The van der Waals surface area contributed by atoms with E-state index in [2.05, 4.69) is 42.5 Å². The third-order valence-corrected chi connectivity index (χ3v) is 1.97. The van der Waals surface area contributed by atoms with Gasteiger partial charge in [-0.2, -0.15) is 0 Å². The van der Waals surface area contributed by atoms with Gasteiger partial charge in [0.25, 0.3) is 0 Å². The van der Waals surface area contributed by atoms with Crippen molar-refractivity contribution in [2.24, 2.45) is 10.8 Å². The van der Waals surface area contributed by atoms with E-state index in [1.165, 1.54) is 12.7 Å². The molecule has 0 N–H and O–H groups in total. The van der Waals surface area contributed by atoms with E-state index in [4.69, 9.17) is 0 Å². The van der Waals surface area contributed by atoms with Gasteiger partial charge in [-0.15, -0.1) is 0 Å². The Morgan fingerprint density at radius 1 is 1.00 bits per heavy atom. The van der Waals surface area contributed by atoms with Crippen molar-refractivity contribution in [3.63, 3.8) is 0 Å². The predicted octanol–water partition coefficient (Wildman–Crippen LogP) is 2.50. The van der Waals surface area contributed by atoms with Gasteiger partial charge < -0.3 is 0 Å². The molecule has 0 aliphatic heterocycles. The van der Waals surface area contributed by atoms with Crippen molar-refractivity contribution >= 4 is 7.85 Å². The summed E-state index contributed by atoms with van der Waals surface area (Å²) < 4.78 is 0. The highest BCUT2D eigenvalue weighted by molar-refractivity contribution is 6.08. The van der Waals surface area contributed by atoms with Crippen LogP contribution in [0.4, 0.5) is 0 Å². The maximum Gasteiger partial charge on any atom is 0.102 e. The summed E-state index contributed by atoms with van der Waals surface area (Å²) in [6.45, 7) is 11.6. The Kier molecular flexibility index (Phi) is 3.00. The highest BCUT2D eigenvalue weighted by Gasteiger charge is 2.22. The SMILES string of the molecule is BCC(C)(C)CC(C)(C)C. The summed E-state index contributed by atoms with van der Waals surface area (Å²) in [5.41, 5.74) is 1.01. The molecule has 0 rings (SSSR count). The molecule has 0 aromatic rings. The van der Waals surface area contributed by atoms with Crippen LogP contribution in [0.3, 0.4) is 0 Å². The third-order valence-electron chi connectivity index (χ3n) is 1.97. The summed E-state index contributed by atoms with van der Waals surface area (Å²) in [5.74, 6) is 0. The summed E-state index contributed by atoms with van der Waals surface area (Å²) in [6, 6.07) is 0. The molecule has 0 saturated heterocycles. The first-order valence-electron chi connectivity index (χ1n) is 4.27. The Bertz CT molecular complexity index is 97.8. The molecule has 0 heterocycles. The maximum atomic E-state index is 2.35. The molecule has 0 spiro atoms. The Labute approximate surface area is 66.8 Å². The van der Waals surface area contributed by atoms with Gasteiger partial charge >= 0.3 is 0 Å². The fourth-order valence-electron chi connectivity index (χ4n) is 1.56. The zero-order valence-electron chi connectivity index (χ0n) is 8.41. The van der Waals surface area contributed by atoms with Crippen molar-refractivity contribution in [2.45, 2.75) is 47.4 Å². The summed E-state index contributed by atoms with van der Waals surface area (Å²) in [7, 11) is 2.27. The van der Waals surface area contributed by atoms with Gasteiger partial charge in [0, 0.05) is 0 Å². The van der Waals surface area contributed by atoms with Gasteiger partial charge in [-0.1, -0.05) is 40.9 Å². The average Bonchev–Trinajstić information content (AvgIpc) is 1.60. The first kappa shape index (κ1) is 10.1. The van der Waals surface area contributed by atoms with Gasteiger partial charge in [-0.3, -0.25) is 0 Å². The van der Waals surface area contributed by atoms with Crippen LogP contribution in [0, 0.1) is 10.8 Å². The fraction of sp³-hybridized carbons (Fsp3) is 1.00. The zero-order chi connectivity index (χ0) is 8.41. The number of hydrogen-bond acceptors (Lipinski definition) is 0. The van der Waals surface area contributed by atoms with Crippen molar-refractivity contribution in [2.75, 3.05) is 0 Å². The minimum atomic E-state index is 0.486. The lowest BCUT2D eigenvalue weighted by atomic mass is 9.70. The molecule has 0 aliphatic rings. The molecule has 0 radical (unpaired) electrons. The molecule has 60 valence electrons. The van der Waals surface area contributed by atoms with E-state index in [9.17, 15) is 0 Å². The zero-order valence-corrected chi connectivity index (χ0v) is 8.41. The van der Waals surface area contributed by atoms with Gasteiger partial charge in [-0.25, -0.2) is 0 Å². The molecule has 10 heavy (non-hydrogen) atoms. The van der Waals surface area contributed by atoms with Crippen molar-refractivity contribution in [3.8, 4) is 0 Å². The van der Waals surface area contributed by atoms with E-state index >= 15 is 0 Å². The Morgan fingerprint density at radius 3 is 1.50 bits per heavy atom. The van der Waals surface area contributed by atoms with Crippen LogP contribution in [-0.2, 0) is 0 Å². The van der Waals surface area contributed by atoms with E-state index in [-0.39, 0.29) is 0 Å². The van der Waals surface area contributed by atoms with Crippen LogP contribution < -0.4 is 0 Å². The highest BCUT2D eigenvalue weighted by atomic mass is 14.3. The molecule has 0 unspecified atom stereocenters. The van der Waals surface area contributed by atoms with E-state index < -0.39 is 0 Å². The normalized spacial score (nSPS) is 13.7. The minimum absolute atomic E-state index is 0.486. The second-order valence-electron chi connectivity index (χ2n) is 5.26. The van der Waals surface area contributed by atoms with Crippen molar-refractivity contribution in [3.05, 3.63) is 0 Å². The smallest absolute Gasteiger partial charge is 0.0760 e. The molecular formula is C9H21B. The number of rotatable bonds is 2. The van der Waals surface area contributed by atoms with Gasteiger partial charge in [-0.05, 0) is 17.3 Å². The van der Waals surface area contributed by atoms with E-state index in [0.717, 1.165) is 0 Å². The third kappa shape index (κ3) is 4.90. The summed E-state index contributed by atoms with van der Waals surface area (Å²) in [5, 5.41) is 0. The van der Waals surface area contributed by atoms with Crippen LogP contribution in [0.25, 0.3) is 0 Å². The molecule has 0 aliphatic carbocycles. The first-order valence-corrected chi connectivity index (χ1v) is 4.27. The largest absolute Gasteiger partial charge is 0.102 e. The fourth-order valence-corrected chi connectivity index (χ4v) is 1.56. The molecular weight excluding hydrogens is 119 g/mol. The van der Waals surface area contributed by atoms with Crippen molar-refractivity contribution < 1.29 is 0 Å². The van der Waals surface area contributed by atoms with Crippen LogP contribution in [0.15, 0.2) is 0 Å². The number of hydrogen-bond donors (Lipinski definition) is 0. The quantitative estimate of drug-likeness (QED) is 0.517. The monoisotopic (exact) mass is 140 g/mol. The van der Waals surface area contributed by atoms with Crippen LogP contribution in [0.5, 0.6) is 0 Å². The lowest BCUT2D eigenvalue weighted by Crippen LogP contribution is -2.19. The Morgan fingerprint density at radius 2 is 1.40 bits per heavy atom. The van der Waals surface area contributed by atoms with Gasteiger partial charge in [0.2, 0.25) is 0 Å². The molecule has 0 atom stereocenters. The molecule has 0 bridgehead atoms. The van der Waals surface area contributed by atoms with Gasteiger partial charge in [0.1, 0.15) is 7.85 Å². The van der Waals surface area contributed by atoms with Crippen LogP contribution >= 0.6 is 0 Å². The first-order chi connectivity index (χ1) is 4.27. The van der Waals surface area contributed by atoms with Crippen molar-refractivity contribution in [1.82, 2.24) is 0 Å². The van der Waals surface area contributed by atoms with Gasteiger partial charge in [0.15, 0.2) is 0 Å². The van der Waals surface area contributed by atoms with E-state index in [1.54, 1.807) is 0 Å². The summed E-state index contributed by atoms with van der Waals surface area (Å²) >= 11 is 0. The van der Waals surface area contributed by atoms with Crippen molar-refractivity contribution in [1.29, 1.82) is 0 Å². The van der Waals surface area contributed by atoms with Crippen LogP contribution in [0.2, 0.25) is 6.32 Å². The molecule has 0 aromatic carbocycles. The second-order valence-corrected chi connectivity index (χ2v) is 5.26.